The third kappa shape index (κ3) is 3.16. The Morgan fingerprint density at radius 3 is 2.76 bits per heavy atom. The highest BCUT2D eigenvalue weighted by Gasteiger charge is 2.20. The number of aryl methyl sites for hydroxylation is 1. The fraction of sp³-hybridized carbons (Fsp3) is 0.471. The Kier molecular flexibility index (Phi) is 4.34. The van der Waals surface area contributed by atoms with E-state index in [2.05, 4.69) is 28.1 Å². The van der Waals surface area contributed by atoms with Gasteiger partial charge in [-0.1, -0.05) is 18.2 Å². The van der Waals surface area contributed by atoms with Crippen LogP contribution in [0.25, 0.3) is 0 Å². The number of nitrogens with one attached hydrogen (secondary N) is 1. The van der Waals surface area contributed by atoms with Gasteiger partial charge in [0.05, 0.1) is 5.69 Å². The van der Waals surface area contributed by atoms with Gasteiger partial charge in [0.15, 0.2) is 0 Å². The number of piperidine rings is 1. The van der Waals surface area contributed by atoms with E-state index in [-0.39, 0.29) is 5.82 Å². The van der Waals surface area contributed by atoms with Crippen molar-refractivity contribution in [2.24, 2.45) is 0 Å². The maximum absolute atomic E-state index is 13.8. The maximum atomic E-state index is 13.8. The molecule has 0 aliphatic carbocycles. The van der Waals surface area contributed by atoms with Crippen molar-refractivity contribution < 1.29 is 4.39 Å². The summed E-state index contributed by atoms with van der Waals surface area (Å²) < 4.78 is 15.9. The van der Waals surface area contributed by atoms with E-state index >= 15 is 0 Å². The van der Waals surface area contributed by atoms with E-state index in [0.29, 0.717) is 12.3 Å². The third-order valence-electron chi connectivity index (χ3n) is 4.25. The molecule has 1 fully saturated rings. The Morgan fingerprint density at radius 1 is 1.29 bits per heavy atom. The van der Waals surface area contributed by atoms with E-state index in [0.717, 1.165) is 43.7 Å². The van der Waals surface area contributed by atoms with Gasteiger partial charge >= 0.3 is 0 Å². The van der Waals surface area contributed by atoms with Gasteiger partial charge in [-0.25, -0.2) is 4.39 Å². The Hall–Kier alpha value is -1.68. The molecule has 2 aromatic rings. The number of benzene rings is 1. The van der Waals surface area contributed by atoms with Gasteiger partial charge < -0.3 is 5.32 Å². The average Bonchev–Trinajstić information content (AvgIpc) is 2.93. The van der Waals surface area contributed by atoms with Crippen LogP contribution in [0.2, 0.25) is 0 Å². The molecule has 3 rings (SSSR count). The van der Waals surface area contributed by atoms with Gasteiger partial charge in [0.1, 0.15) is 5.82 Å². The van der Waals surface area contributed by atoms with E-state index in [4.69, 9.17) is 0 Å². The number of hydrogen-bond donors (Lipinski definition) is 1. The van der Waals surface area contributed by atoms with Crippen molar-refractivity contribution in [2.45, 2.75) is 38.6 Å². The van der Waals surface area contributed by atoms with Crippen LogP contribution >= 0.6 is 0 Å². The van der Waals surface area contributed by atoms with E-state index in [1.807, 2.05) is 12.1 Å². The lowest BCUT2D eigenvalue weighted by Gasteiger charge is -2.23. The minimum absolute atomic E-state index is 0.146. The predicted octanol–water partition coefficient (Wildman–Crippen LogP) is 3.10. The van der Waals surface area contributed by atoms with Crippen molar-refractivity contribution in [1.29, 1.82) is 0 Å². The second-order valence-corrected chi connectivity index (χ2v) is 5.67. The smallest absolute Gasteiger partial charge is 0.126 e. The maximum Gasteiger partial charge on any atom is 0.126 e. The highest BCUT2D eigenvalue weighted by atomic mass is 19.1. The molecule has 3 nitrogen and oxygen atoms in total. The zero-order valence-electron chi connectivity index (χ0n) is 12.5. The first-order chi connectivity index (χ1) is 10.3. The van der Waals surface area contributed by atoms with Crippen LogP contribution in [0.1, 0.15) is 42.6 Å². The Balaban J connectivity index is 1.83. The molecule has 0 amide bonds. The third-order valence-corrected chi connectivity index (χ3v) is 4.25. The first-order valence-corrected chi connectivity index (χ1v) is 7.78. The summed E-state index contributed by atoms with van der Waals surface area (Å²) >= 11 is 0. The van der Waals surface area contributed by atoms with Gasteiger partial charge in [0.25, 0.3) is 0 Å². The van der Waals surface area contributed by atoms with Crippen LogP contribution in [0.3, 0.4) is 0 Å². The zero-order chi connectivity index (χ0) is 14.7. The van der Waals surface area contributed by atoms with Gasteiger partial charge in [0, 0.05) is 24.6 Å². The number of rotatable bonds is 4. The Bertz CT molecular complexity index is 600. The molecular weight excluding hydrogens is 265 g/mol. The molecule has 0 spiro atoms. The van der Waals surface area contributed by atoms with Crippen molar-refractivity contribution in [3.05, 3.63) is 53.1 Å². The summed E-state index contributed by atoms with van der Waals surface area (Å²) in [7, 11) is 0. The lowest BCUT2D eigenvalue weighted by Crippen LogP contribution is -2.27. The lowest BCUT2D eigenvalue weighted by atomic mass is 9.94. The fourth-order valence-corrected chi connectivity index (χ4v) is 3.11. The van der Waals surface area contributed by atoms with Gasteiger partial charge in [-0.05, 0) is 50.6 Å². The Morgan fingerprint density at radius 2 is 2.05 bits per heavy atom. The summed E-state index contributed by atoms with van der Waals surface area (Å²) in [6.45, 7) is 5.13. The lowest BCUT2D eigenvalue weighted by molar-refractivity contribution is 0.432. The van der Waals surface area contributed by atoms with Crippen molar-refractivity contribution in [1.82, 2.24) is 15.1 Å². The van der Waals surface area contributed by atoms with E-state index in [9.17, 15) is 4.39 Å². The molecule has 1 aromatic carbocycles. The number of halogens is 1. The molecule has 0 saturated carbocycles. The molecule has 4 heteroatoms. The number of hydrogen-bond acceptors (Lipinski definition) is 2. The summed E-state index contributed by atoms with van der Waals surface area (Å²) in [4.78, 5) is 0. The van der Waals surface area contributed by atoms with Crippen LogP contribution in [0.4, 0.5) is 4.39 Å². The van der Waals surface area contributed by atoms with Gasteiger partial charge in [-0.15, -0.1) is 0 Å². The minimum Gasteiger partial charge on any atom is -0.317 e. The largest absolute Gasteiger partial charge is 0.317 e. The second kappa shape index (κ2) is 6.39. The summed E-state index contributed by atoms with van der Waals surface area (Å²) in [6.07, 6.45) is 2.88. The molecule has 1 saturated heterocycles. The molecule has 1 aliphatic heterocycles. The highest BCUT2D eigenvalue weighted by molar-refractivity contribution is 5.25. The van der Waals surface area contributed by atoms with Crippen LogP contribution < -0.4 is 5.32 Å². The molecule has 0 radical (unpaired) electrons. The molecule has 2 heterocycles. The topological polar surface area (TPSA) is 29.9 Å². The fourth-order valence-electron chi connectivity index (χ4n) is 3.11. The number of nitrogens with zero attached hydrogens (tertiary/aromatic N) is 2. The molecule has 1 N–H and O–H groups in total. The van der Waals surface area contributed by atoms with Crippen molar-refractivity contribution in [3.63, 3.8) is 0 Å². The number of aromatic nitrogens is 2. The molecule has 0 atom stereocenters. The summed E-state index contributed by atoms with van der Waals surface area (Å²) in [5.74, 6) is 0.431. The zero-order valence-corrected chi connectivity index (χ0v) is 12.5. The molecule has 0 unspecified atom stereocenters. The van der Waals surface area contributed by atoms with Gasteiger partial charge in [0.2, 0.25) is 0 Å². The van der Waals surface area contributed by atoms with E-state index < -0.39 is 0 Å². The second-order valence-electron chi connectivity index (χ2n) is 5.67. The van der Waals surface area contributed by atoms with Crippen molar-refractivity contribution in [2.75, 3.05) is 13.1 Å². The van der Waals surface area contributed by atoms with Gasteiger partial charge in [-0.3, -0.25) is 4.68 Å². The molecule has 0 bridgehead atoms. The molecule has 1 aliphatic rings. The van der Waals surface area contributed by atoms with Crippen molar-refractivity contribution >= 4 is 0 Å². The average molecular weight is 287 g/mol. The summed E-state index contributed by atoms with van der Waals surface area (Å²) in [5, 5.41) is 8.07. The standard InChI is InChI=1S/C17H22FN3/c1-2-21-17(13-7-9-19-10-8-13)12-15(20-21)11-14-5-3-4-6-16(14)18/h3-6,12-13,19H,2,7-11H2,1H3. The predicted molar refractivity (Wildman–Crippen MR) is 82.0 cm³/mol. The quantitative estimate of drug-likeness (QED) is 0.936. The molecular formula is C17H22FN3. The van der Waals surface area contributed by atoms with Crippen LogP contribution in [0, 0.1) is 5.82 Å². The minimum atomic E-state index is -0.146. The van der Waals surface area contributed by atoms with E-state index in [1.54, 1.807) is 6.07 Å². The summed E-state index contributed by atoms with van der Waals surface area (Å²) in [5.41, 5.74) is 3.00. The van der Waals surface area contributed by atoms with Gasteiger partial charge in [-0.2, -0.15) is 5.10 Å². The van der Waals surface area contributed by atoms with Crippen LogP contribution in [-0.2, 0) is 13.0 Å². The SMILES string of the molecule is CCn1nc(Cc2ccccc2F)cc1C1CCNCC1. The summed E-state index contributed by atoms with van der Waals surface area (Å²) in [6, 6.07) is 9.13. The van der Waals surface area contributed by atoms with Crippen LogP contribution in [-0.4, -0.2) is 22.9 Å². The van der Waals surface area contributed by atoms with Crippen LogP contribution in [0.5, 0.6) is 0 Å². The van der Waals surface area contributed by atoms with Crippen molar-refractivity contribution in [3.8, 4) is 0 Å². The Labute approximate surface area is 125 Å². The monoisotopic (exact) mass is 287 g/mol. The molecule has 21 heavy (non-hydrogen) atoms. The first-order valence-electron chi connectivity index (χ1n) is 7.78. The molecule has 1 aromatic heterocycles. The normalized spacial score (nSPS) is 16.3. The van der Waals surface area contributed by atoms with Crippen LogP contribution in [0.15, 0.2) is 30.3 Å². The molecule has 112 valence electrons. The highest BCUT2D eigenvalue weighted by Crippen LogP contribution is 2.26. The first kappa shape index (κ1) is 14.3. The van der Waals surface area contributed by atoms with E-state index in [1.165, 1.54) is 11.8 Å².